The molecule has 0 spiro atoms. The summed E-state index contributed by atoms with van der Waals surface area (Å²) in [5, 5.41) is 0. The van der Waals surface area contributed by atoms with Crippen LogP contribution in [0, 0.1) is 5.82 Å². The molecule has 3 aromatic carbocycles. The van der Waals surface area contributed by atoms with Gasteiger partial charge in [0.05, 0.1) is 10.9 Å². The molecule has 28 heavy (non-hydrogen) atoms. The molecule has 0 N–H and O–H groups in total. The maximum Gasteiger partial charge on any atom is 0.170 e. The Labute approximate surface area is 172 Å². The van der Waals surface area contributed by atoms with E-state index in [9.17, 15) is 0 Å². The van der Waals surface area contributed by atoms with E-state index in [1.807, 2.05) is 18.2 Å². The molecule has 0 aromatic heterocycles. The first-order valence-corrected chi connectivity index (χ1v) is 11.0. The van der Waals surface area contributed by atoms with Crippen LogP contribution in [0.4, 0.5) is 4.39 Å². The molecule has 0 nitrogen and oxygen atoms in total. The van der Waals surface area contributed by atoms with Crippen LogP contribution in [0.15, 0.2) is 87.5 Å². The van der Waals surface area contributed by atoms with E-state index in [1.54, 1.807) is 6.07 Å². The highest BCUT2D eigenvalue weighted by Crippen LogP contribution is 2.43. The molecule has 0 saturated heterocycles. The average Bonchev–Trinajstić information content (AvgIpc) is 2.63. The van der Waals surface area contributed by atoms with E-state index in [-0.39, 0.29) is 27.5 Å². The maximum absolute atomic E-state index is 15.1. The van der Waals surface area contributed by atoms with E-state index >= 15 is 4.39 Å². The fraction of sp³-hybridized carbons (Fsp3) is 0.308. The largest absolute Gasteiger partial charge is 0.207 e. The van der Waals surface area contributed by atoms with E-state index in [0.29, 0.717) is 0 Å². The Hall–Kier alpha value is -2.06. The Morgan fingerprint density at radius 3 is 1.39 bits per heavy atom. The van der Waals surface area contributed by atoms with E-state index in [1.165, 1.54) is 14.7 Å². The van der Waals surface area contributed by atoms with Crippen molar-refractivity contribution in [3.63, 3.8) is 0 Å². The van der Waals surface area contributed by atoms with E-state index in [2.05, 4.69) is 90.1 Å². The molecule has 0 heterocycles. The zero-order valence-corrected chi connectivity index (χ0v) is 18.5. The molecule has 0 amide bonds. The summed E-state index contributed by atoms with van der Waals surface area (Å²) < 4.78 is 15.1. The second-order valence-electron chi connectivity index (χ2n) is 9.23. The number of hydrogen-bond donors (Lipinski definition) is 0. The summed E-state index contributed by atoms with van der Waals surface area (Å²) in [4.78, 5) is 3.73. The zero-order valence-electron chi connectivity index (χ0n) is 17.7. The third-order valence-corrected chi connectivity index (χ3v) is 7.06. The molecule has 0 fully saturated rings. The highest BCUT2D eigenvalue weighted by atomic mass is 32.2. The summed E-state index contributed by atoms with van der Waals surface area (Å²) in [7, 11) is -0.293. The van der Waals surface area contributed by atoms with Crippen LogP contribution < -0.4 is 0 Å². The molecule has 2 heteroatoms. The Morgan fingerprint density at radius 2 is 1.00 bits per heavy atom. The maximum atomic E-state index is 15.1. The predicted molar refractivity (Wildman–Crippen MR) is 119 cm³/mol. The third kappa shape index (κ3) is 4.17. The van der Waals surface area contributed by atoms with Crippen molar-refractivity contribution in [1.29, 1.82) is 0 Å². The SMILES string of the molecule is CC(C)(C)c1c(F)ccc([S+](c2ccccc2)c2ccccc2)c1C(C)(C)C. The fourth-order valence-electron chi connectivity index (χ4n) is 3.71. The molecule has 3 rings (SSSR count). The van der Waals surface area contributed by atoms with Crippen LogP contribution in [0.25, 0.3) is 0 Å². The van der Waals surface area contributed by atoms with E-state index < -0.39 is 0 Å². The molecular weight excluding hydrogens is 363 g/mol. The van der Waals surface area contributed by atoms with Crippen LogP contribution in [-0.2, 0) is 21.7 Å². The van der Waals surface area contributed by atoms with Gasteiger partial charge in [-0.3, -0.25) is 0 Å². The van der Waals surface area contributed by atoms with E-state index in [4.69, 9.17) is 0 Å². The molecule has 0 bridgehead atoms. The predicted octanol–water partition coefficient (Wildman–Crippen LogP) is 7.52. The lowest BCUT2D eigenvalue weighted by molar-refractivity contribution is 0.480. The summed E-state index contributed by atoms with van der Waals surface area (Å²) in [5.74, 6) is -0.106. The van der Waals surface area contributed by atoms with Crippen molar-refractivity contribution in [3.8, 4) is 0 Å². The summed E-state index contributed by atoms with van der Waals surface area (Å²) in [6.07, 6.45) is 0. The third-order valence-electron chi connectivity index (χ3n) is 4.79. The van der Waals surface area contributed by atoms with Gasteiger partial charge in [0.25, 0.3) is 0 Å². The fourth-order valence-corrected chi connectivity index (χ4v) is 6.16. The molecule has 0 unspecified atom stereocenters. The molecule has 146 valence electrons. The van der Waals surface area contributed by atoms with Gasteiger partial charge < -0.3 is 0 Å². The Balaban J connectivity index is 2.39. The highest BCUT2D eigenvalue weighted by molar-refractivity contribution is 7.97. The molecule has 0 radical (unpaired) electrons. The lowest BCUT2D eigenvalue weighted by Gasteiger charge is -2.31. The topological polar surface area (TPSA) is 0 Å². The number of halogens is 1. The molecule has 0 saturated carbocycles. The minimum absolute atomic E-state index is 0.106. The lowest BCUT2D eigenvalue weighted by Crippen LogP contribution is -2.27. The van der Waals surface area contributed by atoms with Crippen LogP contribution >= 0.6 is 0 Å². The lowest BCUT2D eigenvalue weighted by atomic mass is 9.75. The molecular formula is C26H30FS+. The minimum atomic E-state index is -0.293. The van der Waals surface area contributed by atoms with Gasteiger partial charge in [0, 0.05) is 11.1 Å². The second-order valence-corrected chi connectivity index (χ2v) is 11.2. The molecule has 0 atom stereocenters. The normalized spacial score (nSPS) is 12.4. The number of hydrogen-bond acceptors (Lipinski definition) is 0. The van der Waals surface area contributed by atoms with Crippen LogP contribution in [0.5, 0.6) is 0 Å². The van der Waals surface area contributed by atoms with Crippen molar-refractivity contribution >= 4 is 10.9 Å². The quantitative estimate of drug-likeness (QED) is 0.404. The van der Waals surface area contributed by atoms with Crippen molar-refractivity contribution in [2.75, 3.05) is 0 Å². The van der Waals surface area contributed by atoms with Gasteiger partial charge in [-0.2, -0.15) is 0 Å². The average molecular weight is 394 g/mol. The Bertz CT molecular complexity index is 892. The van der Waals surface area contributed by atoms with Gasteiger partial charge in [0.1, 0.15) is 5.82 Å². The van der Waals surface area contributed by atoms with Gasteiger partial charge in [-0.25, -0.2) is 4.39 Å². The minimum Gasteiger partial charge on any atom is -0.207 e. The van der Waals surface area contributed by atoms with Gasteiger partial charge in [-0.1, -0.05) is 77.9 Å². The van der Waals surface area contributed by atoms with Gasteiger partial charge >= 0.3 is 0 Å². The van der Waals surface area contributed by atoms with Gasteiger partial charge in [0.2, 0.25) is 0 Å². The molecule has 3 aromatic rings. The highest BCUT2D eigenvalue weighted by Gasteiger charge is 2.39. The van der Waals surface area contributed by atoms with Gasteiger partial charge in [0.15, 0.2) is 14.7 Å². The van der Waals surface area contributed by atoms with Crippen LogP contribution in [-0.4, -0.2) is 0 Å². The number of rotatable bonds is 3. The molecule has 0 aliphatic carbocycles. The van der Waals surface area contributed by atoms with E-state index in [0.717, 1.165) is 11.1 Å². The smallest absolute Gasteiger partial charge is 0.170 e. The number of benzene rings is 3. The summed E-state index contributed by atoms with van der Waals surface area (Å²) in [6, 6.07) is 24.8. The van der Waals surface area contributed by atoms with Crippen molar-refractivity contribution < 1.29 is 4.39 Å². The molecule has 0 aliphatic rings. The van der Waals surface area contributed by atoms with Gasteiger partial charge in [-0.05, 0) is 47.2 Å². The van der Waals surface area contributed by atoms with Crippen molar-refractivity contribution in [2.45, 2.75) is 67.1 Å². The monoisotopic (exact) mass is 393 g/mol. The van der Waals surface area contributed by atoms with Crippen LogP contribution in [0.3, 0.4) is 0 Å². The van der Waals surface area contributed by atoms with Gasteiger partial charge in [-0.15, -0.1) is 0 Å². The first-order chi connectivity index (χ1) is 13.1. The second kappa shape index (κ2) is 7.75. The van der Waals surface area contributed by atoms with Crippen molar-refractivity contribution in [3.05, 3.63) is 89.7 Å². The molecule has 0 aliphatic heterocycles. The zero-order chi connectivity index (χ0) is 20.5. The first-order valence-electron chi connectivity index (χ1n) is 9.78. The van der Waals surface area contributed by atoms with Crippen molar-refractivity contribution in [2.24, 2.45) is 0 Å². The summed E-state index contributed by atoms with van der Waals surface area (Å²) in [6.45, 7) is 12.9. The first kappa shape index (κ1) is 20.7. The Kier molecular flexibility index (Phi) is 5.72. The van der Waals surface area contributed by atoms with Crippen LogP contribution in [0.2, 0.25) is 0 Å². The Morgan fingerprint density at radius 1 is 0.571 bits per heavy atom. The van der Waals surface area contributed by atoms with Crippen molar-refractivity contribution in [1.82, 2.24) is 0 Å². The van der Waals surface area contributed by atoms with Crippen LogP contribution in [0.1, 0.15) is 52.7 Å². The summed E-state index contributed by atoms with van der Waals surface area (Å²) in [5.41, 5.74) is 1.53. The standard InChI is InChI=1S/C26H30FS/c1-25(2,3)23-21(27)17-18-22(24(23)26(4,5)6)28(19-13-9-7-10-14-19)20-15-11-8-12-16-20/h7-18H,1-6H3/q+1. The summed E-state index contributed by atoms with van der Waals surface area (Å²) >= 11 is 0.